The summed E-state index contributed by atoms with van der Waals surface area (Å²) >= 11 is 0. The Balaban J connectivity index is 0.000000143. The number of ether oxygens (including phenoxy) is 2. The third-order valence-electron chi connectivity index (χ3n) is 11.2. The van der Waals surface area contributed by atoms with Crippen LogP contribution in [0.15, 0.2) is 84.9 Å². The van der Waals surface area contributed by atoms with Crippen LogP contribution in [0.4, 0.5) is 29.5 Å². The molecule has 0 amide bonds. The molecule has 0 fully saturated rings. The molecule has 20 heteroatoms. The van der Waals surface area contributed by atoms with Crippen molar-refractivity contribution < 1.29 is 27.0 Å². The number of aromatic amines is 4. The van der Waals surface area contributed by atoms with Crippen LogP contribution >= 0.6 is 0 Å². The first-order valence-electron chi connectivity index (χ1n) is 20.2. The van der Waals surface area contributed by atoms with E-state index >= 15 is 0 Å². The van der Waals surface area contributed by atoms with Gasteiger partial charge in [-0.2, -0.15) is 4.80 Å². The van der Waals surface area contributed by atoms with Crippen LogP contribution in [0.1, 0.15) is 12.8 Å². The van der Waals surface area contributed by atoms with Gasteiger partial charge in [-0.1, -0.05) is 10.2 Å². The standard InChI is InChI=1S/2C22H17F2N7O/c23-11-2-4-17-13(8-11)15-10-16-14-9-12(24)3-5-18(14)27-20(16)21(19(15)26-17)32-7-1-6-31-22(25)28-29-30-31;23-11-2-4-17-13(8-11)15-10-16-14-9-12(24)3-5-18(14)27-20(16)21(19(15)26-17)32-7-1-6-31-29-22(25)28-30-31/h2-5,8-10,26-27H,1,6-7H2,(H2,25,28,30);2-5,8-10,26-27H,1,6-7H2,(H2,25,29). The summed E-state index contributed by atoms with van der Waals surface area (Å²) in [7, 11) is 0. The fourth-order valence-electron chi connectivity index (χ4n) is 8.37. The van der Waals surface area contributed by atoms with Crippen molar-refractivity contribution in [2.75, 3.05) is 24.7 Å². The zero-order valence-electron chi connectivity index (χ0n) is 33.4. The van der Waals surface area contributed by atoms with Crippen molar-refractivity contribution in [2.45, 2.75) is 25.9 Å². The average Bonchev–Trinajstić information content (AvgIpc) is 4.15. The van der Waals surface area contributed by atoms with E-state index in [4.69, 9.17) is 20.9 Å². The number of nitrogens with one attached hydrogen (secondary N) is 4. The highest BCUT2D eigenvalue weighted by Gasteiger charge is 2.20. The van der Waals surface area contributed by atoms with Gasteiger partial charge in [0.05, 0.1) is 41.8 Å². The Morgan fingerprint density at radius 2 is 0.891 bits per heavy atom. The van der Waals surface area contributed by atoms with Crippen LogP contribution in [-0.4, -0.2) is 73.6 Å². The molecule has 0 saturated carbocycles. The number of hydrogen-bond acceptors (Lipinski definition) is 10. The number of anilines is 2. The summed E-state index contributed by atoms with van der Waals surface area (Å²) in [6.45, 7) is 1.71. The van der Waals surface area contributed by atoms with Crippen LogP contribution in [0, 0.1) is 23.3 Å². The third-order valence-corrected chi connectivity index (χ3v) is 11.2. The summed E-state index contributed by atoms with van der Waals surface area (Å²) in [4.78, 5) is 14.8. The van der Waals surface area contributed by atoms with Gasteiger partial charge in [0.1, 0.15) is 23.3 Å². The highest BCUT2D eigenvalue weighted by molar-refractivity contribution is 6.22. The molecule has 6 aromatic carbocycles. The van der Waals surface area contributed by atoms with Gasteiger partial charge >= 0.3 is 0 Å². The average molecular weight is 867 g/mol. The SMILES string of the molecule is Nc1nnn(CCCOc2c3[nH]c4ccc(F)cc4c3cc3c2[nH]c2ccc(F)cc23)n1.Nc1nnnn1CCCOc1c2[nH]c3ccc(F)cc3c2cc2c1[nH]c1ccc(F)cc12. The molecule has 320 valence electrons. The fourth-order valence-corrected chi connectivity index (χ4v) is 8.37. The molecule has 0 aliphatic heterocycles. The van der Waals surface area contributed by atoms with Gasteiger partial charge in [0.25, 0.3) is 5.95 Å². The van der Waals surface area contributed by atoms with E-state index in [-0.39, 0.29) is 35.2 Å². The Kier molecular flexibility index (Phi) is 9.13. The Labute approximate surface area is 356 Å². The zero-order chi connectivity index (χ0) is 43.6. The number of rotatable bonds is 10. The van der Waals surface area contributed by atoms with Gasteiger partial charge in [0.15, 0.2) is 11.5 Å². The Morgan fingerprint density at radius 3 is 1.25 bits per heavy atom. The van der Waals surface area contributed by atoms with Crippen LogP contribution in [0.3, 0.4) is 0 Å². The van der Waals surface area contributed by atoms with Crippen LogP contribution in [0.2, 0.25) is 0 Å². The number of halogens is 4. The zero-order valence-corrected chi connectivity index (χ0v) is 33.4. The summed E-state index contributed by atoms with van der Waals surface area (Å²) in [5, 5.41) is 28.6. The molecule has 0 saturated heterocycles. The molecule has 0 spiro atoms. The van der Waals surface area contributed by atoms with E-state index in [1.54, 1.807) is 24.3 Å². The molecule has 6 aromatic heterocycles. The second-order valence-corrected chi connectivity index (χ2v) is 15.3. The van der Waals surface area contributed by atoms with E-state index in [0.29, 0.717) is 50.6 Å². The van der Waals surface area contributed by atoms with E-state index in [1.165, 1.54) is 58.0 Å². The minimum Gasteiger partial charge on any atom is -0.489 e. The van der Waals surface area contributed by atoms with Crippen LogP contribution in [0.5, 0.6) is 11.5 Å². The monoisotopic (exact) mass is 866 g/mol. The second kappa shape index (κ2) is 15.2. The first-order chi connectivity index (χ1) is 31.1. The largest absolute Gasteiger partial charge is 0.489 e. The lowest BCUT2D eigenvalue weighted by molar-refractivity contribution is 0.298. The van der Waals surface area contributed by atoms with Gasteiger partial charge in [-0.05, 0) is 101 Å². The van der Waals surface area contributed by atoms with Crippen molar-refractivity contribution in [3.63, 3.8) is 0 Å². The Bertz CT molecular complexity index is 3560. The quantitative estimate of drug-likeness (QED) is 0.0568. The molecule has 0 atom stereocenters. The van der Waals surface area contributed by atoms with E-state index in [9.17, 15) is 17.6 Å². The first kappa shape index (κ1) is 38.5. The van der Waals surface area contributed by atoms with Crippen molar-refractivity contribution in [2.24, 2.45) is 0 Å². The van der Waals surface area contributed by atoms with E-state index < -0.39 is 0 Å². The predicted molar refractivity (Wildman–Crippen MR) is 235 cm³/mol. The summed E-state index contributed by atoms with van der Waals surface area (Å²) in [5.74, 6) is 0.232. The number of hydrogen-bond donors (Lipinski definition) is 6. The van der Waals surface area contributed by atoms with E-state index in [1.807, 2.05) is 12.1 Å². The summed E-state index contributed by atoms with van der Waals surface area (Å²) in [6, 6.07) is 22.2. The maximum atomic E-state index is 14.0. The van der Waals surface area contributed by atoms with Crippen LogP contribution < -0.4 is 20.9 Å². The lowest BCUT2D eigenvalue weighted by Crippen LogP contribution is -2.09. The Hall–Kier alpha value is -8.42. The van der Waals surface area contributed by atoms with Crippen molar-refractivity contribution in [3.8, 4) is 11.5 Å². The summed E-state index contributed by atoms with van der Waals surface area (Å²) < 4.78 is 69.9. The van der Waals surface area contributed by atoms with E-state index in [0.717, 1.165) is 87.2 Å². The van der Waals surface area contributed by atoms with Gasteiger partial charge in [-0.15, -0.1) is 5.10 Å². The predicted octanol–water partition coefficient (Wildman–Crippen LogP) is 8.54. The molecule has 12 aromatic rings. The van der Waals surface area contributed by atoms with Crippen molar-refractivity contribution in [1.29, 1.82) is 0 Å². The molecule has 0 unspecified atom stereocenters. The normalized spacial score (nSPS) is 11.9. The lowest BCUT2D eigenvalue weighted by atomic mass is 10.1. The van der Waals surface area contributed by atoms with Gasteiger partial charge < -0.3 is 40.9 Å². The minimum atomic E-state index is -0.329. The maximum absolute atomic E-state index is 14.0. The second-order valence-electron chi connectivity index (χ2n) is 15.3. The van der Waals surface area contributed by atoms with Gasteiger partial charge in [-0.3, -0.25) is 0 Å². The molecule has 16 nitrogen and oxygen atoms in total. The number of tetrazole rings is 2. The smallest absolute Gasteiger partial charge is 0.260 e. The summed E-state index contributed by atoms with van der Waals surface area (Å²) in [5.41, 5.74) is 17.3. The van der Waals surface area contributed by atoms with Crippen LogP contribution in [-0.2, 0) is 13.1 Å². The van der Waals surface area contributed by atoms with Crippen LogP contribution in [0.25, 0.3) is 87.2 Å². The van der Waals surface area contributed by atoms with E-state index in [2.05, 4.69) is 50.9 Å². The summed E-state index contributed by atoms with van der Waals surface area (Å²) in [6.07, 6.45) is 1.22. The highest BCUT2D eigenvalue weighted by Crippen LogP contribution is 2.43. The number of nitrogens with zero attached hydrogens (tertiary/aromatic N) is 8. The third kappa shape index (κ3) is 6.71. The van der Waals surface area contributed by atoms with Gasteiger partial charge in [0, 0.05) is 84.5 Å². The first-order valence-corrected chi connectivity index (χ1v) is 20.2. The topological polar surface area (TPSA) is 221 Å². The number of fused-ring (bicyclic) bond motifs is 12. The molecule has 0 bridgehead atoms. The minimum absolute atomic E-state index is 0.119. The Morgan fingerprint density at radius 1 is 0.484 bits per heavy atom. The molecule has 0 radical (unpaired) electrons. The van der Waals surface area contributed by atoms with Gasteiger partial charge in [0.2, 0.25) is 5.95 Å². The van der Waals surface area contributed by atoms with Crippen molar-refractivity contribution in [3.05, 3.63) is 108 Å². The number of nitrogen functional groups attached to an aromatic ring is 2. The number of H-pyrrole nitrogens is 4. The lowest BCUT2D eigenvalue weighted by Gasteiger charge is -2.09. The molecule has 64 heavy (non-hydrogen) atoms. The number of aryl methyl sites for hydroxylation is 2. The molecule has 0 aliphatic rings. The number of nitrogens with two attached hydrogens (primary N) is 2. The molecular weight excluding hydrogens is 833 g/mol. The molecule has 12 rings (SSSR count). The van der Waals surface area contributed by atoms with Crippen molar-refractivity contribution >= 4 is 99.1 Å². The molecular formula is C44H34F4N14O2. The number of aromatic nitrogens is 12. The van der Waals surface area contributed by atoms with Crippen molar-refractivity contribution in [1.82, 2.24) is 60.4 Å². The molecule has 6 heterocycles. The maximum Gasteiger partial charge on any atom is 0.260 e. The highest BCUT2D eigenvalue weighted by atomic mass is 19.1. The molecule has 0 aliphatic carbocycles. The molecule has 8 N–H and O–H groups in total. The fraction of sp³-hybridized carbons (Fsp3) is 0.136. The van der Waals surface area contributed by atoms with Gasteiger partial charge in [-0.25, -0.2) is 22.2 Å². The number of benzene rings is 6.